The Kier molecular flexibility index (Phi) is 5.55. The topological polar surface area (TPSA) is 90.1 Å². The van der Waals surface area contributed by atoms with E-state index in [1.165, 1.54) is 23.0 Å². The zero-order valence-corrected chi connectivity index (χ0v) is 19.5. The van der Waals surface area contributed by atoms with Gasteiger partial charge < -0.3 is 10.5 Å². The third-order valence-corrected chi connectivity index (χ3v) is 8.50. The molecule has 34 heavy (non-hydrogen) atoms. The lowest BCUT2D eigenvalue weighted by atomic mass is 9.81. The molecule has 1 saturated carbocycles. The summed E-state index contributed by atoms with van der Waals surface area (Å²) in [5, 5.41) is 0.357. The molecule has 2 aromatic heterocycles. The Morgan fingerprint density at radius 3 is 2.59 bits per heavy atom. The molecular weight excluding hydrogens is 474 g/mol. The number of aromatic nitrogens is 2. The first-order valence-corrected chi connectivity index (χ1v) is 12.1. The van der Waals surface area contributed by atoms with Gasteiger partial charge >= 0.3 is 11.9 Å². The fraction of sp³-hybridized carbons (Fsp3) is 0.565. The van der Waals surface area contributed by atoms with Crippen LogP contribution >= 0.6 is 11.3 Å². The van der Waals surface area contributed by atoms with Gasteiger partial charge in [0.1, 0.15) is 17.0 Å². The van der Waals surface area contributed by atoms with Crippen LogP contribution in [0.5, 0.6) is 0 Å². The normalized spacial score (nSPS) is 25.7. The number of nitrogens with two attached hydrogens (primary N) is 1. The third kappa shape index (κ3) is 3.55. The van der Waals surface area contributed by atoms with E-state index in [1.54, 1.807) is 13.0 Å². The van der Waals surface area contributed by atoms with Crippen LogP contribution in [0.25, 0.3) is 11.3 Å². The predicted octanol–water partition coefficient (Wildman–Crippen LogP) is 2.30. The number of thiophene rings is 1. The van der Waals surface area contributed by atoms with Crippen molar-refractivity contribution in [2.45, 2.75) is 75.3 Å². The van der Waals surface area contributed by atoms with Crippen LogP contribution in [0, 0.1) is 0 Å². The molecule has 11 heteroatoms. The molecule has 3 aliphatic carbocycles. The highest BCUT2D eigenvalue weighted by atomic mass is 32.1. The standard InChI is InChI=1S/C23H25F4N3O3S/c1-9-15(14-8-12-11(20(28)23(25,26)27)4-3-5-13(12)34-14)17(24)19(33-2)16-18(9)30(10-6-7-10)22(32)29-21(16)31/h8,10-11,15,17,20H,3-7,28H2,1-2H3,(H,29,31,32). The molecule has 2 aromatic rings. The molecule has 0 saturated heterocycles. The average Bonchev–Trinajstić information content (AvgIpc) is 3.50. The van der Waals surface area contributed by atoms with Crippen molar-refractivity contribution in [3.63, 3.8) is 0 Å². The fourth-order valence-corrected chi connectivity index (χ4v) is 6.91. The number of nitrogens with zero attached hydrogens (tertiary/aromatic N) is 1. The van der Waals surface area contributed by atoms with E-state index in [-0.39, 0.29) is 17.0 Å². The quantitative estimate of drug-likeness (QED) is 0.632. The number of rotatable bonds is 4. The summed E-state index contributed by atoms with van der Waals surface area (Å²) >= 11 is 1.28. The van der Waals surface area contributed by atoms with E-state index in [9.17, 15) is 22.8 Å². The van der Waals surface area contributed by atoms with Crippen LogP contribution in [0.1, 0.15) is 65.8 Å². The summed E-state index contributed by atoms with van der Waals surface area (Å²) in [7, 11) is 1.27. The van der Waals surface area contributed by atoms with E-state index >= 15 is 4.39 Å². The molecular formula is C23H25F4N3O3S. The van der Waals surface area contributed by atoms with E-state index in [2.05, 4.69) is 4.98 Å². The van der Waals surface area contributed by atoms with Crippen molar-refractivity contribution in [2.75, 3.05) is 7.11 Å². The summed E-state index contributed by atoms with van der Waals surface area (Å²) in [5.41, 5.74) is 5.33. The SMILES string of the molecule is COC1=c2c(=O)[nH]c(=O)n(C3CC3)c2=C(C)C(c2cc3c(s2)CCCC3C(N)C(F)(F)F)C1F. The molecule has 4 unspecified atom stereocenters. The van der Waals surface area contributed by atoms with Crippen molar-refractivity contribution in [1.82, 2.24) is 9.55 Å². The van der Waals surface area contributed by atoms with Gasteiger partial charge in [-0.15, -0.1) is 11.3 Å². The number of halogens is 4. The predicted molar refractivity (Wildman–Crippen MR) is 120 cm³/mol. The maximum absolute atomic E-state index is 15.9. The van der Waals surface area contributed by atoms with Crippen LogP contribution in [-0.2, 0) is 11.2 Å². The van der Waals surface area contributed by atoms with Crippen molar-refractivity contribution in [1.29, 1.82) is 0 Å². The van der Waals surface area contributed by atoms with Crippen molar-refractivity contribution in [2.24, 2.45) is 5.73 Å². The second kappa shape index (κ2) is 8.08. The van der Waals surface area contributed by atoms with Crippen LogP contribution in [0.4, 0.5) is 17.6 Å². The molecule has 6 nitrogen and oxygen atoms in total. The highest BCUT2D eigenvalue weighted by molar-refractivity contribution is 7.12. The van der Waals surface area contributed by atoms with Gasteiger partial charge in [0.25, 0.3) is 5.56 Å². The first-order valence-electron chi connectivity index (χ1n) is 11.3. The molecule has 184 valence electrons. The van der Waals surface area contributed by atoms with Crippen LogP contribution in [0.15, 0.2) is 15.7 Å². The maximum Gasteiger partial charge on any atom is 0.404 e. The van der Waals surface area contributed by atoms with Gasteiger partial charge in [0.15, 0.2) is 6.17 Å². The first-order chi connectivity index (χ1) is 16.0. The van der Waals surface area contributed by atoms with Crippen LogP contribution in [0.2, 0.25) is 0 Å². The maximum atomic E-state index is 15.9. The van der Waals surface area contributed by atoms with E-state index in [4.69, 9.17) is 10.5 Å². The molecule has 0 radical (unpaired) electrons. The van der Waals surface area contributed by atoms with E-state index in [1.807, 2.05) is 0 Å². The van der Waals surface area contributed by atoms with E-state index in [0.29, 0.717) is 40.6 Å². The number of aromatic amines is 1. The van der Waals surface area contributed by atoms with Crippen molar-refractivity contribution in [3.8, 4) is 0 Å². The smallest absolute Gasteiger partial charge is 0.404 e. The van der Waals surface area contributed by atoms with Gasteiger partial charge in [0, 0.05) is 21.7 Å². The minimum absolute atomic E-state index is 0.00791. The number of methoxy groups -OCH3 is 1. The average molecular weight is 500 g/mol. The Balaban J connectivity index is 1.72. The second-order valence-corrected chi connectivity index (χ2v) is 10.5. The fourth-order valence-electron chi connectivity index (χ4n) is 5.44. The summed E-state index contributed by atoms with van der Waals surface area (Å²) in [5.74, 6) is -1.94. The molecule has 0 bridgehead atoms. The number of nitrogens with one attached hydrogen (secondary N) is 1. The van der Waals surface area contributed by atoms with E-state index < -0.39 is 41.5 Å². The highest BCUT2D eigenvalue weighted by Gasteiger charge is 2.45. The van der Waals surface area contributed by atoms with Crippen molar-refractivity contribution in [3.05, 3.63) is 52.8 Å². The second-order valence-electron chi connectivity index (χ2n) is 9.31. The summed E-state index contributed by atoms with van der Waals surface area (Å²) in [4.78, 5) is 28.9. The summed E-state index contributed by atoms with van der Waals surface area (Å²) < 4.78 is 63.0. The Morgan fingerprint density at radius 1 is 1.26 bits per heavy atom. The Hall–Kier alpha value is -2.40. The van der Waals surface area contributed by atoms with E-state index in [0.717, 1.165) is 17.7 Å². The molecule has 3 aliphatic rings. The molecule has 4 atom stereocenters. The number of aryl methyl sites for hydroxylation is 1. The van der Waals surface area contributed by atoms with Gasteiger partial charge in [-0.05, 0) is 56.2 Å². The van der Waals surface area contributed by atoms with Gasteiger partial charge in [0.2, 0.25) is 0 Å². The Morgan fingerprint density at radius 2 is 1.97 bits per heavy atom. The third-order valence-electron chi connectivity index (χ3n) is 7.20. The van der Waals surface area contributed by atoms with Gasteiger partial charge in [-0.2, -0.15) is 13.2 Å². The summed E-state index contributed by atoms with van der Waals surface area (Å²) in [6, 6.07) is -0.443. The summed E-state index contributed by atoms with van der Waals surface area (Å²) in [6.45, 7) is 1.68. The minimum Gasteiger partial charge on any atom is -0.497 e. The number of hydrogen-bond donors (Lipinski definition) is 2. The largest absolute Gasteiger partial charge is 0.497 e. The van der Waals surface area contributed by atoms with Gasteiger partial charge in [-0.25, -0.2) is 9.18 Å². The number of ether oxygens (including phenoxy) is 1. The highest BCUT2D eigenvalue weighted by Crippen LogP contribution is 2.47. The molecule has 3 N–H and O–H groups in total. The lowest BCUT2D eigenvalue weighted by molar-refractivity contribution is -0.153. The lowest BCUT2D eigenvalue weighted by Gasteiger charge is -2.29. The number of H-pyrrole nitrogens is 1. The molecule has 2 heterocycles. The lowest BCUT2D eigenvalue weighted by Crippen LogP contribution is -2.58. The number of alkyl halides is 4. The zero-order valence-electron chi connectivity index (χ0n) is 18.7. The van der Waals surface area contributed by atoms with Crippen LogP contribution in [0.3, 0.4) is 0 Å². The molecule has 0 aromatic carbocycles. The van der Waals surface area contributed by atoms with Crippen molar-refractivity contribution < 1.29 is 22.3 Å². The molecule has 0 aliphatic heterocycles. The Bertz CT molecular complexity index is 1390. The molecule has 5 rings (SSSR count). The van der Waals surface area contributed by atoms with Gasteiger partial charge in [0.05, 0.1) is 18.4 Å². The summed E-state index contributed by atoms with van der Waals surface area (Å²) in [6.07, 6.45) is -3.24. The number of hydrogen-bond acceptors (Lipinski definition) is 5. The van der Waals surface area contributed by atoms with Gasteiger partial charge in [-0.1, -0.05) is 0 Å². The first kappa shape index (κ1) is 23.3. The molecule has 0 amide bonds. The Labute approximate surface area is 195 Å². The van der Waals surface area contributed by atoms with Gasteiger partial charge in [-0.3, -0.25) is 14.3 Å². The monoisotopic (exact) mass is 499 g/mol. The van der Waals surface area contributed by atoms with Crippen LogP contribution < -0.4 is 27.6 Å². The van der Waals surface area contributed by atoms with Crippen molar-refractivity contribution >= 4 is 22.7 Å². The number of fused-ring (bicyclic) bond motifs is 2. The molecule has 1 fully saturated rings. The zero-order chi connectivity index (χ0) is 24.5. The minimum atomic E-state index is -4.53. The molecule has 0 spiro atoms. The van der Waals surface area contributed by atoms with Crippen LogP contribution in [-0.4, -0.2) is 35.1 Å².